The fourth-order valence-electron chi connectivity index (χ4n) is 1.96. The van der Waals surface area contributed by atoms with Crippen LogP contribution in [0.5, 0.6) is 0 Å². The third-order valence-electron chi connectivity index (χ3n) is 2.90. The summed E-state index contributed by atoms with van der Waals surface area (Å²) in [5.41, 5.74) is -2.01. The van der Waals surface area contributed by atoms with Gasteiger partial charge in [0.05, 0.1) is 6.16 Å². The van der Waals surface area contributed by atoms with Crippen LogP contribution >= 0.6 is 7.60 Å². The van der Waals surface area contributed by atoms with Crippen molar-refractivity contribution in [2.75, 3.05) is 6.16 Å². The lowest BCUT2D eigenvalue weighted by molar-refractivity contribution is -0.140. The van der Waals surface area contributed by atoms with Crippen molar-refractivity contribution >= 4 is 7.60 Å². The minimum Gasteiger partial charge on any atom is -0.384 e. The van der Waals surface area contributed by atoms with E-state index < -0.39 is 49.4 Å². The highest BCUT2D eigenvalue weighted by Crippen LogP contribution is 2.47. The first kappa shape index (κ1) is 16.0. The number of ether oxygens (including phenoxy) is 1. The Labute approximate surface area is 115 Å². The zero-order valence-corrected chi connectivity index (χ0v) is 11.1. The molecule has 1 aliphatic rings. The van der Waals surface area contributed by atoms with Gasteiger partial charge in [-0.2, -0.15) is 8.78 Å². The van der Waals surface area contributed by atoms with Crippen molar-refractivity contribution in [2.45, 2.75) is 24.4 Å². The van der Waals surface area contributed by atoms with E-state index in [9.17, 15) is 28.0 Å². The van der Waals surface area contributed by atoms with Gasteiger partial charge in [-0.25, -0.2) is 4.79 Å². The molecule has 118 valence electrons. The SMILES string of the molecule is O=c1ccn([C@@H]2O[C@H](CP(=O)(O)O)[C@@H](O)C2(F)F)c(=O)[nH]1. The van der Waals surface area contributed by atoms with E-state index in [2.05, 4.69) is 0 Å². The zero-order valence-electron chi connectivity index (χ0n) is 10.2. The average molecular weight is 328 g/mol. The van der Waals surface area contributed by atoms with E-state index in [1.165, 1.54) is 0 Å². The van der Waals surface area contributed by atoms with Crippen LogP contribution in [0.15, 0.2) is 21.9 Å². The van der Waals surface area contributed by atoms with E-state index in [1.54, 1.807) is 4.98 Å². The molecular weight excluding hydrogens is 317 g/mol. The minimum atomic E-state index is -4.71. The average Bonchev–Trinajstić information content (AvgIpc) is 2.51. The lowest BCUT2D eigenvalue weighted by atomic mass is 10.1. The summed E-state index contributed by atoms with van der Waals surface area (Å²) in [5.74, 6) is -3.97. The molecule has 1 saturated heterocycles. The number of aromatic nitrogens is 2. The molecule has 1 aromatic rings. The first-order valence-corrected chi connectivity index (χ1v) is 7.39. The molecule has 1 fully saturated rings. The van der Waals surface area contributed by atoms with Gasteiger partial charge in [0.1, 0.15) is 12.2 Å². The van der Waals surface area contributed by atoms with Crippen LogP contribution in [0.25, 0.3) is 0 Å². The van der Waals surface area contributed by atoms with Gasteiger partial charge in [0.25, 0.3) is 5.56 Å². The smallest absolute Gasteiger partial charge is 0.330 e. The van der Waals surface area contributed by atoms with Crippen molar-refractivity contribution < 1.29 is 33.0 Å². The lowest BCUT2D eigenvalue weighted by Crippen LogP contribution is -2.42. The Hall–Kier alpha value is -1.39. The predicted octanol–water partition coefficient (Wildman–Crippen LogP) is -1.39. The van der Waals surface area contributed by atoms with Crippen LogP contribution in [0.1, 0.15) is 6.23 Å². The van der Waals surface area contributed by atoms with Crippen LogP contribution in [-0.2, 0) is 9.30 Å². The molecule has 3 atom stereocenters. The van der Waals surface area contributed by atoms with E-state index >= 15 is 0 Å². The molecule has 21 heavy (non-hydrogen) atoms. The zero-order chi connectivity index (χ0) is 16.0. The summed E-state index contributed by atoms with van der Waals surface area (Å²) in [7, 11) is -4.71. The molecule has 0 bridgehead atoms. The molecule has 4 N–H and O–H groups in total. The van der Waals surface area contributed by atoms with Gasteiger partial charge in [-0.1, -0.05) is 0 Å². The highest BCUT2D eigenvalue weighted by atomic mass is 31.2. The van der Waals surface area contributed by atoms with Gasteiger partial charge in [0.15, 0.2) is 0 Å². The largest absolute Gasteiger partial charge is 0.384 e. The Bertz CT molecular complexity index is 696. The summed E-state index contributed by atoms with van der Waals surface area (Å²) in [5, 5.41) is 9.45. The molecule has 0 saturated carbocycles. The molecule has 2 rings (SSSR count). The van der Waals surface area contributed by atoms with Crippen LogP contribution in [0.3, 0.4) is 0 Å². The van der Waals surface area contributed by atoms with E-state index in [4.69, 9.17) is 14.5 Å². The first-order valence-electron chi connectivity index (χ1n) is 5.60. The fourth-order valence-corrected chi connectivity index (χ4v) is 2.72. The quantitative estimate of drug-likeness (QED) is 0.500. The molecule has 1 aromatic heterocycles. The fraction of sp³-hybridized carbons (Fsp3) is 0.556. The number of alkyl halides is 2. The van der Waals surface area contributed by atoms with Gasteiger partial charge >= 0.3 is 19.2 Å². The highest BCUT2D eigenvalue weighted by Gasteiger charge is 2.60. The Morgan fingerprint density at radius 2 is 2.05 bits per heavy atom. The molecule has 9 nitrogen and oxygen atoms in total. The van der Waals surface area contributed by atoms with Gasteiger partial charge in [-0.05, 0) is 0 Å². The number of H-pyrrole nitrogens is 1. The van der Waals surface area contributed by atoms with Crippen LogP contribution in [0.4, 0.5) is 8.78 Å². The summed E-state index contributed by atoms with van der Waals surface area (Å²) in [6, 6.07) is 0.795. The van der Waals surface area contributed by atoms with Gasteiger partial charge in [-0.3, -0.25) is 18.9 Å². The van der Waals surface area contributed by atoms with Crippen molar-refractivity contribution in [1.82, 2.24) is 9.55 Å². The van der Waals surface area contributed by atoms with Gasteiger partial charge in [0.2, 0.25) is 6.23 Å². The van der Waals surface area contributed by atoms with E-state index in [0.29, 0.717) is 4.57 Å². The molecule has 0 spiro atoms. The number of nitrogens with zero attached hydrogens (tertiary/aromatic N) is 1. The van der Waals surface area contributed by atoms with Crippen molar-refractivity contribution in [2.24, 2.45) is 0 Å². The second-order valence-electron chi connectivity index (χ2n) is 4.51. The molecule has 2 heterocycles. The Morgan fingerprint density at radius 3 is 2.57 bits per heavy atom. The van der Waals surface area contributed by atoms with Gasteiger partial charge < -0.3 is 19.6 Å². The maximum Gasteiger partial charge on any atom is 0.330 e. The monoisotopic (exact) mass is 328 g/mol. The number of nitrogens with one attached hydrogen (secondary N) is 1. The molecule has 12 heteroatoms. The Morgan fingerprint density at radius 1 is 1.43 bits per heavy atom. The lowest BCUT2D eigenvalue weighted by Gasteiger charge is -2.20. The third-order valence-corrected chi connectivity index (χ3v) is 3.74. The highest BCUT2D eigenvalue weighted by molar-refractivity contribution is 7.51. The number of aromatic amines is 1. The normalized spacial score (nSPS) is 28.7. The summed E-state index contributed by atoms with van der Waals surface area (Å²) in [6.45, 7) is 0. The number of hydrogen-bond acceptors (Lipinski definition) is 5. The van der Waals surface area contributed by atoms with E-state index in [0.717, 1.165) is 12.3 Å². The number of rotatable bonds is 3. The predicted molar refractivity (Wildman–Crippen MR) is 63.1 cm³/mol. The second kappa shape index (κ2) is 5.11. The van der Waals surface area contributed by atoms with Gasteiger partial charge in [-0.15, -0.1) is 0 Å². The van der Waals surface area contributed by atoms with Crippen molar-refractivity contribution in [3.63, 3.8) is 0 Å². The van der Waals surface area contributed by atoms with Crippen LogP contribution < -0.4 is 11.2 Å². The second-order valence-corrected chi connectivity index (χ2v) is 6.21. The molecule has 0 unspecified atom stereocenters. The topological polar surface area (TPSA) is 142 Å². The maximum atomic E-state index is 13.9. The third kappa shape index (κ3) is 3.11. The number of aliphatic hydroxyl groups excluding tert-OH is 1. The molecule has 0 radical (unpaired) electrons. The standard InChI is InChI=1S/C9H11F2N2O7P/c10-9(11)6(15)4(3-21(17,18)19)20-7(9)13-2-1-5(14)12-8(13)16/h1-2,4,6-7,15H,3H2,(H,12,14,16)(H2,17,18,19)/t4-,6-,7-/m1/s1. The summed E-state index contributed by atoms with van der Waals surface area (Å²) in [6.07, 6.45) is -7.03. The van der Waals surface area contributed by atoms with Gasteiger partial charge in [0, 0.05) is 12.3 Å². The minimum absolute atomic E-state index is 0.338. The summed E-state index contributed by atoms with van der Waals surface area (Å²) >= 11 is 0. The van der Waals surface area contributed by atoms with Crippen LogP contribution in [-0.4, -0.2) is 48.7 Å². The molecule has 0 amide bonds. The number of aliphatic hydroxyl groups is 1. The van der Waals surface area contributed by atoms with Crippen molar-refractivity contribution in [1.29, 1.82) is 0 Å². The molecule has 1 aliphatic heterocycles. The van der Waals surface area contributed by atoms with Crippen LogP contribution in [0, 0.1) is 0 Å². The van der Waals surface area contributed by atoms with E-state index in [-0.39, 0.29) is 0 Å². The van der Waals surface area contributed by atoms with Crippen molar-refractivity contribution in [3.8, 4) is 0 Å². The van der Waals surface area contributed by atoms with Crippen LogP contribution in [0.2, 0.25) is 0 Å². The number of halogens is 2. The first-order chi connectivity index (χ1) is 9.52. The Balaban J connectivity index is 2.39. The summed E-state index contributed by atoms with van der Waals surface area (Å²) in [4.78, 5) is 41.6. The van der Waals surface area contributed by atoms with E-state index in [1.807, 2.05) is 0 Å². The number of hydrogen-bond donors (Lipinski definition) is 4. The maximum absolute atomic E-state index is 13.9. The summed E-state index contributed by atoms with van der Waals surface area (Å²) < 4.78 is 43.7. The molecular formula is C9H11F2N2O7P. The molecule has 0 aromatic carbocycles. The van der Waals surface area contributed by atoms with Crippen molar-refractivity contribution in [3.05, 3.63) is 33.1 Å². The Kier molecular flexibility index (Phi) is 3.89. The molecule has 0 aliphatic carbocycles.